The van der Waals surface area contributed by atoms with Crippen LogP contribution in [-0.4, -0.2) is 52.6 Å². The highest BCUT2D eigenvalue weighted by atomic mass is 16.7. The lowest BCUT2D eigenvalue weighted by molar-refractivity contribution is -0.268. The van der Waals surface area contributed by atoms with E-state index in [-0.39, 0.29) is 6.61 Å². The van der Waals surface area contributed by atoms with Crippen LogP contribution < -0.4 is 0 Å². The maximum Gasteiger partial charge on any atom is 0.169 e. The van der Waals surface area contributed by atoms with Crippen molar-refractivity contribution in [1.82, 2.24) is 0 Å². The maximum atomic E-state index is 9.95. The standard InChI is InChI=1S/C13H17N3O5/c14-16-15-10-12(19)11(18)9(6-17)21-13(10)20-7-8-4-2-1-3-5-8/h1-5,9-13,17-19H,6-7H2/t9-,10-,11-,12-,13+/m1/s1. The summed E-state index contributed by atoms with van der Waals surface area (Å²) in [5, 5.41) is 32.3. The molecule has 1 aliphatic heterocycles. The van der Waals surface area contributed by atoms with E-state index in [2.05, 4.69) is 10.0 Å². The van der Waals surface area contributed by atoms with Crippen LogP contribution >= 0.6 is 0 Å². The monoisotopic (exact) mass is 295 g/mol. The molecule has 0 radical (unpaired) electrons. The second kappa shape index (κ2) is 7.37. The summed E-state index contributed by atoms with van der Waals surface area (Å²) in [4.78, 5) is 2.63. The van der Waals surface area contributed by atoms with Gasteiger partial charge < -0.3 is 24.8 Å². The predicted molar refractivity (Wildman–Crippen MR) is 71.9 cm³/mol. The van der Waals surface area contributed by atoms with E-state index >= 15 is 0 Å². The van der Waals surface area contributed by atoms with E-state index in [4.69, 9.17) is 20.1 Å². The van der Waals surface area contributed by atoms with E-state index in [9.17, 15) is 10.2 Å². The molecule has 0 aromatic heterocycles. The number of hydrogen-bond donors (Lipinski definition) is 3. The molecule has 3 N–H and O–H groups in total. The summed E-state index contributed by atoms with van der Waals surface area (Å²) >= 11 is 0. The number of benzene rings is 1. The Morgan fingerprint density at radius 2 is 1.95 bits per heavy atom. The summed E-state index contributed by atoms with van der Waals surface area (Å²) in [7, 11) is 0. The predicted octanol–water partition coefficient (Wildman–Crippen LogP) is 0.321. The number of rotatable bonds is 5. The third kappa shape index (κ3) is 3.70. The Morgan fingerprint density at radius 3 is 2.57 bits per heavy atom. The third-order valence-electron chi connectivity index (χ3n) is 3.29. The number of ether oxygens (including phenoxy) is 2. The zero-order valence-electron chi connectivity index (χ0n) is 11.2. The van der Waals surface area contributed by atoms with Gasteiger partial charge in [0, 0.05) is 4.91 Å². The number of azide groups is 1. The summed E-state index contributed by atoms with van der Waals surface area (Å²) in [6, 6.07) is 8.17. The molecular weight excluding hydrogens is 278 g/mol. The molecule has 1 aromatic rings. The topological polar surface area (TPSA) is 128 Å². The largest absolute Gasteiger partial charge is 0.394 e. The van der Waals surface area contributed by atoms with Gasteiger partial charge in [0.2, 0.25) is 0 Å². The van der Waals surface area contributed by atoms with E-state index in [0.717, 1.165) is 5.56 Å². The van der Waals surface area contributed by atoms with Crippen molar-refractivity contribution in [2.24, 2.45) is 5.11 Å². The van der Waals surface area contributed by atoms with Crippen molar-refractivity contribution in [3.63, 3.8) is 0 Å². The molecule has 0 aliphatic carbocycles. The number of hydrogen-bond acceptors (Lipinski definition) is 6. The highest BCUT2D eigenvalue weighted by molar-refractivity contribution is 5.13. The summed E-state index contributed by atoms with van der Waals surface area (Å²) in [6.45, 7) is -0.295. The van der Waals surface area contributed by atoms with E-state index in [1.807, 2.05) is 30.3 Å². The Kier molecular flexibility index (Phi) is 5.51. The SMILES string of the molecule is [N-]=[N+]=N[C@H]1[C@@H](OCc2ccccc2)O[C@H](CO)[C@@H](O)[C@@H]1O. The van der Waals surface area contributed by atoms with E-state index in [1.54, 1.807) is 0 Å². The molecule has 1 aliphatic rings. The second-order valence-corrected chi connectivity index (χ2v) is 4.70. The Morgan fingerprint density at radius 1 is 1.24 bits per heavy atom. The minimum atomic E-state index is -1.37. The van der Waals surface area contributed by atoms with Crippen LogP contribution in [0.2, 0.25) is 0 Å². The fraction of sp³-hybridized carbons (Fsp3) is 0.538. The molecule has 21 heavy (non-hydrogen) atoms. The van der Waals surface area contributed by atoms with Crippen molar-refractivity contribution < 1.29 is 24.8 Å². The van der Waals surface area contributed by atoms with Gasteiger partial charge in [-0.25, -0.2) is 0 Å². The second-order valence-electron chi connectivity index (χ2n) is 4.70. The van der Waals surface area contributed by atoms with Gasteiger partial charge in [0.1, 0.15) is 18.2 Å². The van der Waals surface area contributed by atoms with Gasteiger partial charge in [0.25, 0.3) is 0 Å². The van der Waals surface area contributed by atoms with Crippen molar-refractivity contribution in [1.29, 1.82) is 0 Å². The fourth-order valence-corrected chi connectivity index (χ4v) is 2.14. The smallest absolute Gasteiger partial charge is 0.169 e. The molecule has 5 atom stereocenters. The fourth-order valence-electron chi connectivity index (χ4n) is 2.14. The lowest BCUT2D eigenvalue weighted by atomic mass is 9.98. The molecule has 0 amide bonds. The molecule has 0 saturated carbocycles. The van der Waals surface area contributed by atoms with E-state index in [1.165, 1.54) is 0 Å². The molecule has 0 unspecified atom stereocenters. The average molecular weight is 295 g/mol. The Bertz CT molecular complexity index is 494. The number of nitrogens with zero attached hydrogens (tertiary/aromatic N) is 3. The lowest BCUT2D eigenvalue weighted by Crippen LogP contribution is -2.58. The molecule has 0 spiro atoms. The molecule has 1 saturated heterocycles. The Hall–Kier alpha value is -1.67. The average Bonchev–Trinajstić information content (AvgIpc) is 2.52. The first-order chi connectivity index (χ1) is 10.2. The van der Waals surface area contributed by atoms with Crippen molar-refractivity contribution in [3.05, 3.63) is 46.3 Å². The lowest BCUT2D eigenvalue weighted by Gasteiger charge is -2.40. The first-order valence-corrected chi connectivity index (χ1v) is 6.49. The Balaban J connectivity index is 2.08. The summed E-state index contributed by atoms with van der Waals surface area (Å²) in [5.41, 5.74) is 9.43. The summed E-state index contributed by atoms with van der Waals surface area (Å²) < 4.78 is 10.9. The van der Waals surface area contributed by atoms with Gasteiger partial charge in [0.05, 0.1) is 19.3 Å². The van der Waals surface area contributed by atoms with Crippen LogP contribution in [0.5, 0.6) is 0 Å². The van der Waals surface area contributed by atoms with Crippen LogP contribution in [-0.2, 0) is 16.1 Å². The van der Waals surface area contributed by atoms with Crippen molar-refractivity contribution >= 4 is 0 Å². The van der Waals surface area contributed by atoms with Gasteiger partial charge in [0.15, 0.2) is 6.29 Å². The third-order valence-corrected chi connectivity index (χ3v) is 3.29. The molecule has 8 heteroatoms. The van der Waals surface area contributed by atoms with Crippen molar-refractivity contribution in [2.45, 2.75) is 37.3 Å². The van der Waals surface area contributed by atoms with Crippen molar-refractivity contribution in [2.75, 3.05) is 6.61 Å². The first-order valence-electron chi connectivity index (χ1n) is 6.49. The van der Waals surface area contributed by atoms with E-state index < -0.39 is 37.3 Å². The minimum Gasteiger partial charge on any atom is -0.394 e. The Labute approximate surface area is 121 Å². The quantitative estimate of drug-likeness (QED) is 0.409. The highest BCUT2D eigenvalue weighted by Gasteiger charge is 2.44. The first kappa shape index (κ1) is 15.7. The summed E-state index contributed by atoms with van der Waals surface area (Å²) in [6.07, 6.45) is -4.75. The van der Waals surface area contributed by atoms with E-state index in [0.29, 0.717) is 0 Å². The maximum absolute atomic E-state index is 9.95. The molecule has 0 bridgehead atoms. The molecule has 2 rings (SSSR count). The van der Waals surface area contributed by atoms with Gasteiger partial charge in [-0.15, -0.1) is 0 Å². The van der Waals surface area contributed by atoms with Gasteiger partial charge in [-0.2, -0.15) is 0 Å². The van der Waals surface area contributed by atoms with Crippen LogP contribution in [0.3, 0.4) is 0 Å². The van der Waals surface area contributed by atoms with Crippen LogP contribution in [0.15, 0.2) is 35.4 Å². The molecular formula is C13H17N3O5. The normalized spacial score (nSPS) is 32.4. The van der Waals surface area contributed by atoms with Crippen LogP contribution in [0, 0.1) is 0 Å². The molecule has 1 aromatic carbocycles. The molecule has 114 valence electrons. The summed E-state index contributed by atoms with van der Waals surface area (Å²) in [5.74, 6) is 0. The van der Waals surface area contributed by atoms with Crippen LogP contribution in [0.1, 0.15) is 5.56 Å². The van der Waals surface area contributed by atoms with Gasteiger partial charge in [-0.3, -0.25) is 0 Å². The van der Waals surface area contributed by atoms with Gasteiger partial charge in [-0.05, 0) is 11.1 Å². The number of aliphatic hydroxyl groups is 3. The van der Waals surface area contributed by atoms with Crippen molar-refractivity contribution in [3.8, 4) is 0 Å². The van der Waals surface area contributed by atoms with Crippen LogP contribution in [0.25, 0.3) is 10.4 Å². The molecule has 1 heterocycles. The number of aliphatic hydroxyl groups excluding tert-OH is 3. The zero-order valence-corrected chi connectivity index (χ0v) is 11.2. The molecule has 1 fully saturated rings. The van der Waals surface area contributed by atoms with Gasteiger partial charge >= 0.3 is 0 Å². The molecule has 8 nitrogen and oxygen atoms in total. The highest BCUT2D eigenvalue weighted by Crippen LogP contribution is 2.25. The minimum absolute atomic E-state index is 0.184. The van der Waals surface area contributed by atoms with Crippen LogP contribution in [0.4, 0.5) is 0 Å². The van der Waals surface area contributed by atoms with Gasteiger partial charge in [-0.1, -0.05) is 35.4 Å². The zero-order chi connectivity index (χ0) is 15.2.